The molecule has 130 valence electrons. The predicted octanol–water partition coefficient (Wildman–Crippen LogP) is 2.97. The zero-order chi connectivity index (χ0) is 17.4. The van der Waals surface area contributed by atoms with E-state index in [9.17, 15) is 8.42 Å². The maximum atomic E-state index is 13.0. The molecule has 0 bridgehead atoms. The van der Waals surface area contributed by atoms with Crippen LogP contribution < -0.4 is 4.90 Å². The van der Waals surface area contributed by atoms with Crippen molar-refractivity contribution in [2.45, 2.75) is 4.90 Å². The van der Waals surface area contributed by atoms with Crippen LogP contribution in [0.1, 0.15) is 0 Å². The van der Waals surface area contributed by atoms with E-state index in [-0.39, 0.29) is 4.90 Å². The molecule has 10 heteroatoms. The molecule has 3 heterocycles. The number of rotatable bonds is 3. The molecule has 1 aromatic heterocycles. The Kier molecular flexibility index (Phi) is 4.32. The van der Waals surface area contributed by atoms with Crippen molar-refractivity contribution < 1.29 is 8.42 Å². The lowest BCUT2D eigenvalue weighted by molar-refractivity contribution is 0.385. The van der Waals surface area contributed by atoms with Crippen molar-refractivity contribution in [3.8, 4) is 0 Å². The zero-order valence-electron chi connectivity index (χ0n) is 13.0. The van der Waals surface area contributed by atoms with Gasteiger partial charge in [-0.1, -0.05) is 17.7 Å². The summed E-state index contributed by atoms with van der Waals surface area (Å²) in [5.74, 6) is 0. The minimum absolute atomic E-state index is 0.217. The number of hydrogen-bond donors (Lipinski definition) is 0. The third-order valence-corrected chi connectivity index (χ3v) is 6.96. The Morgan fingerprint density at radius 3 is 2.64 bits per heavy atom. The van der Waals surface area contributed by atoms with Gasteiger partial charge in [0.25, 0.3) is 0 Å². The fraction of sp³-hybridized carbons (Fsp3) is 0.267. The van der Waals surface area contributed by atoms with Crippen molar-refractivity contribution in [2.24, 2.45) is 8.73 Å². The molecule has 0 unspecified atom stereocenters. The first-order chi connectivity index (χ1) is 12.1. The number of nitrogens with zero attached hydrogens (tertiary/aromatic N) is 5. The molecule has 0 N–H and O–H groups in total. The highest BCUT2D eigenvalue weighted by Gasteiger charge is 2.32. The molecule has 2 aliphatic rings. The highest BCUT2D eigenvalue weighted by atomic mass is 35.5. The van der Waals surface area contributed by atoms with Crippen LogP contribution in [0.3, 0.4) is 0 Å². The molecule has 2 aromatic rings. The third kappa shape index (κ3) is 2.97. The second-order valence-corrected chi connectivity index (χ2v) is 8.45. The highest BCUT2D eigenvalue weighted by Crippen LogP contribution is 2.38. The Hall–Kier alpha value is -1.81. The van der Waals surface area contributed by atoms with E-state index in [1.807, 2.05) is 6.07 Å². The number of pyridine rings is 1. The van der Waals surface area contributed by atoms with E-state index in [2.05, 4.69) is 18.6 Å². The highest BCUT2D eigenvalue weighted by molar-refractivity contribution is 7.89. The monoisotopic (exact) mass is 395 g/mol. The number of fused-ring (bicyclic) bond motifs is 1. The molecule has 0 aliphatic carbocycles. The number of sulfonamides is 1. The molecule has 0 amide bonds. The summed E-state index contributed by atoms with van der Waals surface area (Å²) >= 11 is 7.20. The molecule has 2 aliphatic heterocycles. The van der Waals surface area contributed by atoms with Gasteiger partial charge in [-0.2, -0.15) is 13.0 Å². The van der Waals surface area contributed by atoms with Crippen molar-refractivity contribution in [3.05, 3.63) is 41.7 Å². The van der Waals surface area contributed by atoms with Gasteiger partial charge >= 0.3 is 0 Å². The minimum Gasteiger partial charge on any atom is -0.368 e. The summed E-state index contributed by atoms with van der Waals surface area (Å²) in [4.78, 5) is 6.27. The standard InChI is InChI=1S/C15H14ClN5O2S2/c16-11-10-17-5-4-13(11)20-6-8-21(9-7-20)25(22,23)14-3-1-2-12-15(14)19-24-18-12/h1-5,10H,6-9H2. The number of hydrogen-bond acceptors (Lipinski definition) is 6. The summed E-state index contributed by atoms with van der Waals surface area (Å²) in [6, 6.07) is 6.89. The van der Waals surface area contributed by atoms with Gasteiger partial charge in [0, 0.05) is 38.6 Å². The van der Waals surface area contributed by atoms with Gasteiger partial charge in [-0.25, -0.2) is 8.42 Å². The molecule has 0 saturated carbocycles. The fourth-order valence-corrected chi connectivity index (χ4v) is 5.34. The fourth-order valence-electron chi connectivity index (χ4n) is 2.92. The summed E-state index contributed by atoms with van der Waals surface area (Å²) < 4.78 is 35.8. The Morgan fingerprint density at radius 1 is 1.08 bits per heavy atom. The summed E-state index contributed by atoms with van der Waals surface area (Å²) in [5.41, 5.74) is 1.92. The van der Waals surface area contributed by atoms with E-state index in [1.54, 1.807) is 30.6 Å². The van der Waals surface area contributed by atoms with E-state index in [1.165, 1.54) is 4.31 Å². The number of halogens is 1. The molecule has 1 aromatic carbocycles. The maximum absolute atomic E-state index is 13.0. The first-order valence-electron chi connectivity index (χ1n) is 7.63. The predicted molar refractivity (Wildman–Crippen MR) is 98.2 cm³/mol. The average molecular weight is 396 g/mol. The van der Waals surface area contributed by atoms with E-state index in [0.29, 0.717) is 42.6 Å². The van der Waals surface area contributed by atoms with Gasteiger partial charge in [0.05, 0.1) is 22.1 Å². The molecule has 0 atom stereocenters. The normalized spacial score (nSPS) is 17.4. The largest absolute Gasteiger partial charge is 0.368 e. The van der Waals surface area contributed by atoms with Crippen LogP contribution in [0.4, 0.5) is 17.1 Å². The van der Waals surface area contributed by atoms with Crippen LogP contribution >= 0.6 is 11.6 Å². The summed E-state index contributed by atoms with van der Waals surface area (Å²) in [6.45, 7) is 1.90. The summed E-state index contributed by atoms with van der Waals surface area (Å²) in [5, 5.41) is 0.567. The van der Waals surface area contributed by atoms with Gasteiger partial charge in [0.1, 0.15) is 16.3 Å². The number of anilines is 1. The van der Waals surface area contributed by atoms with Crippen LogP contribution in [-0.2, 0) is 21.4 Å². The lowest BCUT2D eigenvalue weighted by atomic mass is 10.3. The van der Waals surface area contributed by atoms with Crippen LogP contribution in [0.2, 0.25) is 5.02 Å². The van der Waals surface area contributed by atoms with E-state index in [0.717, 1.165) is 17.0 Å². The van der Waals surface area contributed by atoms with Crippen LogP contribution in [0.5, 0.6) is 0 Å². The van der Waals surface area contributed by atoms with E-state index < -0.39 is 10.0 Å². The van der Waals surface area contributed by atoms with Crippen molar-refractivity contribution in [3.63, 3.8) is 0 Å². The topological polar surface area (TPSA) is 78.2 Å². The van der Waals surface area contributed by atoms with Gasteiger partial charge in [0.15, 0.2) is 0 Å². The van der Waals surface area contributed by atoms with Gasteiger partial charge in [0.2, 0.25) is 10.0 Å². The van der Waals surface area contributed by atoms with Crippen molar-refractivity contribution >= 4 is 50.0 Å². The van der Waals surface area contributed by atoms with Gasteiger partial charge in [-0.3, -0.25) is 4.98 Å². The van der Waals surface area contributed by atoms with Gasteiger partial charge in [-0.15, -0.1) is 0 Å². The zero-order valence-corrected chi connectivity index (χ0v) is 15.4. The van der Waals surface area contributed by atoms with Crippen LogP contribution in [-0.4, -0.2) is 43.9 Å². The van der Waals surface area contributed by atoms with Crippen molar-refractivity contribution in [2.75, 3.05) is 31.1 Å². The minimum atomic E-state index is -3.61. The average Bonchev–Trinajstić information content (AvgIpc) is 3.11. The third-order valence-electron chi connectivity index (χ3n) is 4.20. The van der Waals surface area contributed by atoms with Crippen molar-refractivity contribution in [1.82, 2.24) is 9.29 Å². The first-order valence-corrected chi connectivity index (χ1v) is 10.2. The number of piperazine rings is 1. The quantitative estimate of drug-likeness (QED) is 0.683. The molecular formula is C15H14ClN5O2S2. The van der Waals surface area contributed by atoms with Gasteiger partial charge < -0.3 is 4.90 Å². The molecule has 1 fully saturated rings. The molecule has 0 spiro atoms. The van der Waals surface area contributed by atoms with E-state index >= 15 is 0 Å². The number of benzene rings is 1. The van der Waals surface area contributed by atoms with Crippen LogP contribution in [0, 0.1) is 0 Å². The second-order valence-electron chi connectivity index (χ2n) is 5.61. The molecular weight excluding hydrogens is 382 g/mol. The lowest BCUT2D eigenvalue weighted by Crippen LogP contribution is -2.48. The molecule has 4 rings (SSSR count). The molecule has 0 radical (unpaired) electrons. The SMILES string of the molecule is O=S(=O)(c1cccc2c1N=S=N2)N1CCN(c2ccncc2Cl)CC1. The molecule has 25 heavy (non-hydrogen) atoms. The summed E-state index contributed by atoms with van der Waals surface area (Å²) in [6.07, 6.45) is 3.27. The van der Waals surface area contributed by atoms with E-state index in [4.69, 9.17) is 11.6 Å². The number of aromatic nitrogens is 1. The Morgan fingerprint density at radius 2 is 1.88 bits per heavy atom. The van der Waals surface area contributed by atoms with Crippen LogP contribution in [0.15, 0.2) is 50.3 Å². The molecule has 7 nitrogen and oxygen atoms in total. The first kappa shape index (κ1) is 16.6. The second kappa shape index (κ2) is 6.49. The smallest absolute Gasteiger partial charge is 0.245 e. The Balaban J connectivity index is 1.56. The Bertz CT molecular complexity index is 997. The van der Waals surface area contributed by atoms with Gasteiger partial charge in [-0.05, 0) is 18.2 Å². The summed E-state index contributed by atoms with van der Waals surface area (Å²) in [7, 11) is -3.61. The van der Waals surface area contributed by atoms with Crippen molar-refractivity contribution in [1.29, 1.82) is 0 Å². The Labute approximate surface area is 154 Å². The van der Waals surface area contributed by atoms with Crippen LogP contribution in [0.25, 0.3) is 0 Å². The lowest BCUT2D eigenvalue weighted by Gasteiger charge is -2.35. The molecule has 1 saturated heterocycles. The maximum Gasteiger partial charge on any atom is 0.245 e.